The van der Waals surface area contributed by atoms with Crippen molar-refractivity contribution in [3.63, 3.8) is 0 Å². The van der Waals surface area contributed by atoms with Gasteiger partial charge in [0.25, 0.3) is 0 Å². The second kappa shape index (κ2) is 63.8. The van der Waals surface area contributed by atoms with E-state index in [1.807, 2.05) is 0 Å². The van der Waals surface area contributed by atoms with Crippen LogP contribution >= 0.6 is 15.6 Å². The minimum atomic E-state index is -4.95. The molecule has 0 saturated heterocycles. The molecule has 0 radical (unpaired) electrons. The first-order valence-electron chi connectivity index (χ1n) is 36.3. The van der Waals surface area contributed by atoms with E-state index in [9.17, 15) is 43.2 Å². The van der Waals surface area contributed by atoms with Crippen LogP contribution in [0, 0.1) is 0 Å². The van der Waals surface area contributed by atoms with Crippen molar-refractivity contribution in [1.29, 1.82) is 0 Å². The highest BCUT2D eigenvalue weighted by molar-refractivity contribution is 7.47. The van der Waals surface area contributed by atoms with Crippen molar-refractivity contribution in [2.24, 2.45) is 0 Å². The van der Waals surface area contributed by atoms with E-state index >= 15 is 0 Å². The minimum absolute atomic E-state index is 0.107. The lowest BCUT2D eigenvalue weighted by molar-refractivity contribution is -0.161. The summed E-state index contributed by atoms with van der Waals surface area (Å²) in [5.74, 6) is -2.12. The summed E-state index contributed by atoms with van der Waals surface area (Å²) in [5, 5.41) is 10.6. The zero-order valence-electron chi connectivity index (χ0n) is 56.7. The summed E-state index contributed by atoms with van der Waals surface area (Å²) in [6.07, 6.45) is 51.3. The maximum Gasteiger partial charge on any atom is 0.472 e. The summed E-state index contributed by atoms with van der Waals surface area (Å²) in [4.78, 5) is 72.3. The number of unbranched alkanes of at least 4 members (excludes halogenated alkanes) is 44. The van der Waals surface area contributed by atoms with Crippen molar-refractivity contribution in [3.8, 4) is 0 Å². The maximum absolute atomic E-state index is 13.0. The number of rotatable bonds is 70. The van der Waals surface area contributed by atoms with E-state index < -0.39 is 97.5 Å². The van der Waals surface area contributed by atoms with E-state index in [1.54, 1.807) is 0 Å². The third kappa shape index (κ3) is 62.8. The Labute approximate surface area is 537 Å². The maximum atomic E-state index is 13.0. The first-order chi connectivity index (χ1) is 42.7. The largest absolute Gasteiger partial charge is 0.472 e. The van der Waals surface area contributed by atoms with Crippen LogP contribution < -0.4 is 0 Å². The quantitative estimate of drug-likeness (QED) is 0.0222. The number of phosphoric acid groups is 2. The molecule has 0 aromatic rings. The molecule has 0 aliphatic rings. The molecule has 0 rings (SSSR count). The van der Waals surface area contributed by atoms with Crippen LogP contribution in [-0.2, 0) is 65.4 Å². The van der Waals surface area contributed by atoms with Crippen LogP contribution in [0.3, 0.4) is 0 Å². The predicted octanol–water partition coefficient (Wildman–Crippen LogP) is 19.9. The standard InChI is InChI=1S/C69H134O17P2/c1-5-9-13-17-21-25-28-29-30-31-32-33-34-35-36-40-44-48-52-56-69(74)86-65(60-80-67(72)54-50-46-42-38-26-22-18-14-10-6-2)62-84-88(77,78)82-58-63(70)57-81-87(75,76)83-61-64(59-79-66(71)53-49-45-41-37-24-20-16-12-8-4)85-68(73)55-51-47-43-39-27-23-19-15-11-7-3/h63-65,70H,5-62H2,1-4H3,(H,75,76)(H,77,78)/t63-,64+,65+/m0/s1. The van der Waals surface area contributed by atoms with Crippen LogP contribution in [0.2, 0.25) is 0 Å². The van der Waals surface area contributed by atoms with Gasteiger partial charge in [0, 0.05) is 25.7 Å². The van der Waals surface area contributed by atoms with E-state index in [2.05, 4.69) is 27.7 Å². The Balaban J connectivity index is 5.16. The van der Waals surface area contributed by atoms with Gasteiger partial charge in [-0.25, -0.2) is 9.13 Å². The molecule has 0 aliphatic heterocycles. The number of carbonyl (C=O) groups excluding carboxylic acids is 4. The lowest BCUT2D eigenvalue weighted by Crippen LogP contribution is -2.30. The highest BCUT2D eigenvalue weighted by atomic mass is 31.2. The van der Waals surface area contributed by atoms with Gasteiger partial charge in [-0.2, -0.15) is 0 Å². The molecule has 0 spiro atoms. The van der Waals surface area contributed by atoms with Crippen LogP contribution in [0.1, 0.15) is 362 Å². The van der Waals surface area contributed by atoms with Gasteiger partial charge < -0.3 is 33.8 Å². The smallest absolute Gasteiger partial charge is 0.462 e. The fraction of sp³-hybridized carbons (Fsp3) is 0.942. The van der Waals surface area contributed by atoms with Crippen LogP contribution in [-0.4, -0.2) is 96.7 Å². The fourth-order valence-corrected chi connectivity index (χ4v) is 12.1. The van der Waals surface area contributed by atoms with Crippen LogP contribution in [0.25, 0.3) is 0 Å². The van der Waals surface area contributed by atoms with E-state index in [-0.39, 0.29) is 25.7 Å². The topological polar surface area (TPSA) is 237 Å². The molecule has 0 aromatic carbocycles. The van der Waals surface area contributed by atoms with Gasteiger partial charge in [0.1, 0.15) is 19.3 Å². The number of carbonyl (C=O) groups is 4. The molecule has 19 heteroatoms. The van der Waals surface area contributed by atoms with Crippen molar-refractivity contribution in [2.75, 3.05) is 39.6 Å². The average molecular weight is 1300 g/mol. The van der Waals surface area contributed by atoms with Gasteiger partial charge in [0.2, 0.25) is 0 Å². The van der Waals surface area contributed by atoms with Crippen molar-refractivity contribution in [3.05, 3.63) is 0 Å². The molecule has 5 atom stereocenters. The second-order valence-corrected chi connectivity index (χ2v) is 27.8. The highest BCUT2D eigenvalue weighted by Crippen LogP contribution is 2.45. The molecule has 0 aliphatic carbocycles. The number of esters is 4. The van der Waals surface area contributed by atoms with E-state index in [0.717, 1.165) is 89.9 Å². The van der Waals surface area contributed by atoms with E-state index in [4.69, 9.17) is 37.0 Å². The summed E-state index contributed by atoms with van der Waals surface area (Å²) in [7, 11) is -9.89. The monoisotopic (exact) mass is 1300 g/mol. The SMILES string of the molecule is CCCCCCCCCCCCCCCCCCCCCC(=O)O[C@H](COC(=O)CCCCCCCCCCCC)COP(=O)(O)OC[C@@H](O)COP(=O)(O)OC[C@@H](COC(=O)CCCCCCCCCCC)OC(=O)CCCCCCCCCCCC. The summed E-state index contributed by atoms with van der Waals surface area (Å²) in [6.45, 7) is 4.90. The predicted molar refractivity (Wildman–Crippen MR) is 354 cm³/mol. The second-order valence-electron chi connectivity index (χ2n) is 24.9. The Morgan fingerprint density at radius 3 is 0.670 bits per heavy atom. The van der Waals surface area contributed by atoms with Crippen molar-refractivity contribution in [1.82, 2.24) is 0 Å². The fourth-order valence-electron chi connectivity index (χ4n) is 10.5. The molecule has 0 bridgehead atoms. The van der Waals surface area contributed by atoms with Gasteiger partial charge in [0.05, 0.1) is 26.4 Å². The number of hydrogen-bond acceptors (Lipinski definition) is 15. The number of hydrogen-bond donors (Lipinski definition) is 3. The zero-order valence-corrected chi connectivity index (χ0v) is 58.5. The van der Waals surface area contributed by atoms with Gasteiger partial charge in [-0.1, -0.05) is 310 Å². The average Bonchev–Trinajstić information content (AvgIpc) is 3.70. The summed E-state index contributed by atoms with van der Waals surface area (Å²) in [5.41, 5.74) is 0. The lowest BCUT2D eigenvalue weighted by Gasteiger charge is -2.21. The van der Waals surface area contributed by atoms with Crippen LogP contribution in [0.5, 0.6) is 0 Å². The van der Waals surface area contributed by atoms with E-state index in [1.165, 1.54) is 193 Å². The molecule has 0 saturated carbocycles. The van der Waals surface area contributed by atoms with E-state index in [0.29, 0.717) is 25.7 Å². The Hall–Kier alpha value is -1.94. The Morgan fingerprint density at radius 2 is 0.455 bits per heavy atom. The molecule has 88 heavy (non-hydrogen) atoms. The third-order valence-corrected chi connectivity index (χ3v) is 18.0. The molecule has 3 N–H and O–H groups in total. The number of phosphoric ester groups is 2. The molecule has 0 heterocycles. The number of aliphatic hydroxyl groups is 1. The van der Waals surface area contributed by atoms with Crippen LogP contribution in [0.4, 0.5) is 0 Å². The lowest BCUT2D eigenvalue weighted by atomic mass is 10.0. The summed E-state index contributed by atoms with van der Waals surface area (Å²) < 4.78 is 68.1. The van der Waals surface area contributed by atoms with Gasteiger partial charge in [0.15, 0.2) is 12.2 Å². The molecular weight excluding hydrogens is 1160 g/mol. The molecule has 0 fully saturated rings. The zero-order chi connectivity index (χ0) is 64.7. The molecule has 0 aromatic heterocycles. The van der Waals surface area contributed by atoms with Crippen molar-refractivity contribution >= 4 is 39.5 Å². The summed E-state index contributed by atoms with van der Waals surface area (Å²) >= 11 is 0. The number of aliphatic hydroxyl groups excluding tert-OH is 1. The third-order valence-electron chi connectivity index (χ3n) is 16.1. The van der Waals surface area contributed by atoms with Gasteiger partial charge >= 0.3 is 39.5 Å². The minimum Gasteiger partial charge on any atom is -0.462 e. The number of ether oxygens (including phenoxy) is 4. The Kier molecular flexibility index (Phi) is 62.4. The van der Waals surface area contributed by atoms with Crippen LogP contribution in [0.15, 0.2) is 0 Å². The first kappa shape index (κ1) is 86.1. The Morgan fingerprint density at radius 1 is 0.273 bits per heavy atom. The first-order valence-corrected chi connectivity index (χ1v) is 39.3. The Bertz CT molecular complexity index is 1690. The van der Waals surface area contributed by atoms with Crippen molar-refractivity contribution in [2.45, 2.75) is 380 Å². The van der Waals surface area contributed by atoms with Crippen molar-refractivity contribution < 1.29 is 80.2 Å². The molecule has 0 amide bonds. The van der Waals surface area contributed by atoms with Gasteiger partial charge in [-0.3, -0.25) is 37.3 Å². The molecule has 17 nitrogen and oxygen atoms in total. The normalized spacial score (nSPS) is 14.0. The molecule has 2 unspecified atom stereocenters. The molecule has 522 valence electrons. The highest BCUT2D eigenvalue weighted by Gasteiger charge is 2.30. The molecular formula is C69H134O17P2. The van der Waals surface area contributed by atoms with Gasteiger partial charge in [-0.15, -0.1) is 0 Å². The van der Waals surface area contributed by atoms with Gasteiger partial charge in [-0.05, 0) is 25.7 Å². The summed E-state index contributed by atoms with van der Waals surface area (Å²) in [6, 6.07) is 0.